The van der Waals surface area contributed by atoms with E-state index in [9.17, 15) is 5.11 Å². The summed E-state index contributed by atoms with van der Waals surface area (Å²) in [5, 5.41) is 10.0. The zero-order chi connectivity index (χ0) is 12.0. The van der Waals surface area contributed by atoms with Gasteiger partial charge in [-0.1, -0.05) is 60.8 Å². The fourth-order valence-corrected chi connectivity index (χ4v) is 2.45. The molecule has 0 radical (unpaired) electrons. The molecule has 0 spiro atoms. The van der Waals surface area contributed by atoms with Crippen molar-refractivity contribution < 1.29 is 5.11 Å². The minimum Gasteiger partial charge on any atom is -0.393 e. The predicted molar refractivity (Wildman–Crippen MR) is 72.5 cm³/mol. The van der Waals surface area contributed by atoms with Crippen molar-refractivity contribution in [3.63, 3.8) is 0 Å². The Balaban J connectivity index is 2.51. The highest BCUT2D eigenvalue weighted by atomic mass is 79.9. The molecule has 1 aromatic rings. The summed E-state index contributed by atoms with van der Waals surface area (Å²) in [5.41, 5.74) is 1.20. The molecule has 2 heteroatoms. The standard InChI is InChI=1S/C14H21BrO/c1-3-11(4-2)9-13(16)10-12-7-5-6-8-14(12)15/h5-8,11,13,16H,3-4,9-10H2,1-2H3. The van der Waals surface area contributed by atoms with Gasteiger partial charge >= 0.3 is 0 Å². The Morgan fingerprint density at radius 1 is 1.19 bits per heavy atom. The zero-order valence-corrected chi connectivity index (χ0v) is 11.7. The van der Waals surface area contributed by atoms with E-state index in [1.165, 1.54) is 5.56 Å². The van der Waals surface area contributed by atoms with Crippen molar-refractivity contribution in [2.75, 3.05) is 0 Å². The van der Waals surface area contributed by atoms with Crippen LogP contribution in [0.2, 0.25) is 0 Å². The molecule has 0 aliphatic carbocycles. The molecule has 1 N–H and O–H groups in total. The Labute approximate surface area is 107 Å². The minimum absolute atomic E-state index is 0.219. The number of halogens is 1. The summed E-state index contributed by atoms with van der Waals surface area (Å²) in [6.45, 7) is 4.39. The molecule has 1 unspecified atom stereocenters. The number of rotatable bonds is 6. The zero-order valence-electron chi connectivity index (χ0n) is 10.1. The maximum Gasteiger partial charge on any atom is 0.0583 e. The predicted octanol–water partition coefficient (Wildman–Crippen LogP) is 4.18. The maximum absolute atomic E-state index is 10.0. The van der Waals surface area contributed by atoms with Gasteiger partial charge in [-0.2, -0.15) is 0 Å². The quantitative estimate of drug-likeness (QED) is 0.831. The monoisotopic (exact) mass is 284 g/mol. The Morgan fingerprint density at radius 3 is 2.38 bits per heavy atom. The van der Waals surface area contributed by atoms with Crippen LogP contribution >= 0.6 is 15.9 Å². The first-order valence-electron chi connectivity index (χ1n) is 6.08. The van der Waals surface area contributed by atoms with Crippen LogP contribution in [0.3, 0.4) is 0 Å². The molecule has 1 nitrogen and oxygen atoms in total. The van der Waals surface area contributed by atoms with Crippen LogP contribution in [0.5, 0.6) is 0 Å². The first kappa shape index (κ1) is 13.7. The number of aliphatic hydroxyl groups is 1. The van der Waals surface area contributed by atoms with Gasteiger partial charge in [-0.15, -0.1) is 0 Å². The van der Waals surface area contributed by atoms with Crippen LogP contribution in [0, 0.1) is 5.92 Å². The second-order valence-corrected chi connectivity index (χ2v) is 5.22. The minimum atomic E-state index is -0.219. The first-order chi connectivity index (χ1) is 7.67. The van der Waals surface area contributed by atoms with Crippen LogP contribution in [-0.2, 0) is 6.42 Å². The second kappa shape index (κ2) is 7.08. The average molecular weight is 285 g/mol. The van der Waals surface area contributed by atoms with Crippen LogP contribution in [0.4, 0.5) is 0 Å². The van der Waals surface area contributed by atoms with Crippen molar-refractivity contribution in [2.24, 2.45) is 5.92 Å². The van der Waals surface area contributed by atoms with Crippen LogP contribution in [0.15, 0.2) is 28.7 Å². The van der Waals surface area contributed by atoms with Crippen molar-refractivity contribution in [1.82, 2.24) is 0 Å². The molecule has 16 heavy (non-hydrogen) atoms. The summed E-state index contributed by atoms with van der Waals surface area (Å²) < 4.78 is 1.10. The molecule has 0 bridgehead atoms. The second-order valence-electron chi connectivity index (χ2n) is 4.37. The molecule has 0 saturated heterocycles. The maximum atomic E-state index is 10.0. The Kier molecular flexibility index (Phi) is 6.07. The van der Waals surface area contributed by atoms with Crippen molar-refractivity contribution in [3.8, 4) is 0 Å². The Hall–Kier alpha value is -0.340. The number of benzene rings is 1. The van der Waals surface area contributed by atoms with Gasteiger partial charge in [0.05, 0.1) is 6.10 Å². The van der Waals surface area contributed by atoms with Gasteiger partial charge in [0.2, 0.25) is 0 Å². The molecule has 0 heterocycles. The fourth-order valence-electron chi connectivity index (χ4n) is 2.01. The third kappa shape index (κ3) is 4.26. The van der Waals surface area contributed by atoms with E-state index in [1.54, 1.807) is 0 Å². The van der Waals surface area contributed by atoms with Gasteiger partial charge in [0.25, 0.3) is 0 Å². The van der Waals surface area contributed by atoms with E-state index in [0.717, 1.165) is 30.2 Å². The fraction of sp³-hybridized carbons (Fsp3) is 0.571. The summed E-state index contributed by atoms with van der Waals surface area (Å²) in [6, 6.07) is 8.12. The van der Waals surface area contributed by atoms with Crippen molar-refractivity contribution in [2.45, 2.75) is 45.6 Å². The van der Waals surface area contributed by atoms with Gasteiger partial charge < -0.3 is 5.11 Å². The lowest BCUT2D eigenvalue weighted by Crippen LogP contribution is -2.15. The highest BCUT2D eigenvalue weighted by Gasteiger charge is 2.13. The lowest BCUT2D eigenvalue weighted by Gasteiger charge is -2.17. The van der Waals surface area contributed by atoms with Crippen LogP contribution in [0.25, 0.3) is 0 Å². The van der Waals surface area contributed by atoms with Crippen molar-refractivity contribution >= 4 is 15.9 Å². The van der Waals surface area contributed by atoms with Crippen LogP contribution < -0.4 is 0 Å². The first-order valence-corrected chi connectivity index (χ1v) is 6.88. The SMILES string of the molecule is CCC(CC)CC(O)Cc1ccccc1Br. The molecule has 0 aliphatic rings. The van der Waals surface area contributed by atoms with E-state index in [4.69, 9.17) is 0 Å². The third-order valence-electron chi connectivity index (χ3n) is 3.17. The van der Waals surface area contributed by atoms with Crippen molar-refractivity contribution in [3.05, 3.63) is 34.3 Å². The highest BCUT2D eigenvalue weighted by molar-refractivity contribution is 9.10. The van der Waals surface area contributed by atoms with E-state index in [0.29, 0.717) is 5.92 Å². The molecule has 1 atom stereocenters. The van der Waals surface area contributed by atoms with E-state index in [2.05, 4.69) is 35.8 Å². The average Bonchev–Trinajstić information content (AvgIpc) is 2.29. The molecule has 1 rings (SSSR count). The van der Waals surface area contributed by atoms with E-state index >= 15 is 0 Å². The van der Waals surface area contributed by atoms with Crippen LogP contribution in [0.1, 0.15) is 38.7 Å². The molecule has 90 valence electrons. The molecule has 0 saturated carbocycles. The lowest BCUT2D eigenvalue weighted by atomic mass is 9.93. The molecule has 1 aromatic carbocycles. The lowest BCUT2D eigenvalue weighted by molar-refractivity contribution is 0.139. The number of aliphatic hydroxyl groups excluding tert-OH is 1. The Morgan fingerprint density at radius 2 is 1.81 bits per heavy atom. The van der Waals surface area contributed by atoms with Crippen molar-refractivity contribution in [1.29, 1.82) is 0 Å². The third-order valence-corrected chi connectivity index (χ3v) is 3.95. The van der Waals surface area contributed by atoms with Crippen LogP contribution in [-0.4, -0.2) is 11.2 Å². The molecule has 0 aromatic heterocycles. The summed E-state index contributed by atoms with van der Waals surface area (Å²) >= 11 is 3.51. The number of hydrogen-bond donors (Lipinski definition) is 1. The summed E-state index contributed by atoms with van der Waals surface area (Å²) in [5.74, 6) is 0.650. The molecular formula is C14H21BrO. The van der Waals surface area contributed by atoms with Gasteiger partial charge in [-0.25, -0.2) is 0 Å². The van der Waals surface area contributed by atoms with Gasteiger partial charge in [-0.05, 0) is 30.4 Å². The smallest absolute Gasteiger partial charge is 0.0583 e. The summed E-state index contributed by atoms with van der Waals surface area (Å²) in [4.78, 5) is 0. The van der Waals surface area contributed by atoms with Gasteiger partial charge in [0, 0.05) is 4.47 Å². The topological polar surface area (TPSA) is 20.2 Å². The van der Waals surface area contributed by atoms with Gasteiger partial charge in [0.15, 0.2) is 0 Å². The Bertz CT molecular complexity index is 307. The largest absolute Gasteiger partial charge is 0.393 e. The molecule has 0 fully saturated rings. The van der Waals surface area contributed by atoms with E-state index < -0.39 is 0 Å². The van der Waals surface area contributed by atoms with Gasteiger partial charge in [0.1, 0.15) is 0 Å². The molecular weight excluding hydrogens is 264 g/mol. The summed E-state index contributed by atoms with van der Waals surface area (Å²) in [7, 11) is 0. The number of hydrogen-bond acceptors (Lipinski definition) is 1. The summed E-state index contributed by atoms with van der Waals surface area (Å²) in [6.07, 6.45) is 3.75. The molecule has 0 aliphatic heterocycles. The normalized spacial score (nSPS) is 13.1. The van der Waals surface area contributed by atoms with Gasteiger partial charge in [-0.3, -0.25) is 0 Å². The van der Waals surface area contributed by atoms with E-state index in [-0.39, 0.29) is 6.10 Å². The van der Waals surface area contributed by atoms with E-state index in [1.807, 2.05) is 18.2 Å². The highest BCUT2D eigenvalue weighted by Crippen LogP contribution is 2.21. The molecule has 0 amide bonds.